The summed E-state index contributed by atoms with van der Waals surface area (Å²) < 4.78 is 56.8. The lowest BCUT2D eigenvalue weighted by Crippen LogP contribution is -2.37. The fourth-order valence-corrected chi connectivity index (χ4v) is 4.46. The third-order valence-electron chi connectivity index (χ3n) is 6.25. The molecule has 184 valence electrons. The molecule has 0 radical (unpaired) electrons. The molecule has 1 aromatic heterocycles. The molecule has 1 saturated heterocycles. The molecule has 2 aromatic carbocycles. The number of aryl methyl sites for hydroxylation is 1. The van der Waals surface area contributed by atoms with Crippen molar-refractivity contribution in [2.24, 2.45) is 0 Å². The lowest BCUT2D eigenvalue weighted by molar-refractivity contribution is 0.0784. The van der Waals surface area contributed by atoms with Crippen LogP contribution in [0.25, 0.3) is 5.69 Å². The van der Waals surface area contributed by atoms with Gasteiger partial charge in [-0.2, -0.15) is 4.98 Å². The average Bonchev–Trinajstić information content (AvgIpc) is 3.37. The lowest BCUT2D eigenvalue weighted by atomic mass is 9.99. The molecule has 1 atom stereocenters. The van der Waals surface area contributed by atoms with Gasteiger partial charge in [0, 0.05) is 25.4 Å². The Morgan fingerprint density at radius 3 is 2.51 bits per heavy atom. The number of likely N-dealkylation sites (tertiary alicyclic amines) is 1. The minimum absolute atomic E-state index is 0.0218. The van der Waals surface area contributed by atoms with E-state index in [1.807, 2.05) is 37.3 Å². The Morgan fingerprint density at radius 1 is 1.14 bits per heavy atom. The van der Waals surface area contributed by atoms with Crippen LogP contribution in [0.2, 0.25) is 0 Å². The van der Waals surface area contributed by atoms with Crippen LogP contribution in [0.5, 0.6) is 17.4 Å². The number of aromatic hydroxyl groups is 1. The Labute approximate surface area is 213 Å². The number of benzene rings is 2. The van der Waals surface area contributed by atoms with E-state index < -0.39 is 37.0 Å². The maximum absolute atomic E-state index is 14.1. The fraction of sp³-hybridized carbons (Fsp3) is 0.370. The first kappa shape index (κ1) is 17.6. The van der Waals surface area contributed by atoms with Gasteiger partial charge in [0.2, 0.25) is 5.88 Å². The summed E-state index contributed by atoms with van der Waals surface area (Å²) in [6.45, 7) is 2.54. The predicted molar refractivity (Wildman–Crippen MR) is 133 cm³/mol. The summed E-state index contributed by atoms with van der Waals surface area (Å²) in [4.78, 5) is 33.4. The number of hydrogen-bond acceptors (Lipinski definition) is 6. The van der Waals surface area contributed by atoms with Gasteiger partial charge in [0.1, 0.15) is 23.0 Å². The molecule has 1 fully saturated rings. The molecule has 1 aliphatic heterocycles. The van der Waals surface area contributed by atoms with E-state index in [1.54, 1.807) is 0 Å². The fourth-order valence-electron chi connectivity index (χ4n) is 4.46. The number of unbranched alkanes of at least 4 members (excludes halogenated alkanes) is 1. The molecule has 0 spiro atoms. The number of methoxy groups -OCH3 is 2. The largest absolute Gasteiger partial charge is 0.494 e. The van der Waals surface area contributed by atoms with Gasteiger partial charge < -0.3 is 19.5 Å². The third kappa shape index (κ3) is 4.73. The second-order valence-electron chi connectivity index (χ2n) is 8.43. The van der Waals surface area contributed by atoms with Crippen LogP contribution < -0.4 is 15.0 Å². The highest BCUT2D eigenvalue weighted by Crippen LogP contribution is 2.34. The van der Waals surface area contributed by atoms with Crippen molar-refractivity contribution in [1.82, 2.24) is 14.5 Å². The number of hydrogen-bond donors (Lipinski definition) is 1. The van der Waals surface area contributed by atoms with Crippen LogP contribution in [-0.4, -0.2) is 52.6 Å². The normalized spacial score (nSPS) is 18.5. The molecule has 3 aromatic rings. The number of carbonyl (C=O) groups is 1. The number of amides is 1. The molecule has 0 saturated carbocycles. The van der Waals surface area contributed by atoms with E-state index in [-0.39, 0.29) is 35.3 Å². The van der Waals surface area contributed by atoms with Gasteiger partial charge in [-0.1, -0.05) is 49.7 Å². The minimum atomic E-state index is -2.97. The molecule has 2 heterocycles. The molecule has 1 N–H and O–H groups in total. The Bertz CT molecular complexity index is 1420. The number of ether oxygens (including phenoxy) is 2. The van der Waals surface area contributed by atoms with Gasteiger partial charge in [0.25, 0.3) is 11.5 Å². The van der Waals surface area contributed by atoms with Crippen molar-refractivity contribution in [3.63, 3.8) is 0 Å². The Kier molecular flexibility index (Phi) is 5.35. The Morgan fingerprint density at radius 2 is 1.86 bits per heavy atom. The molecular weight excluding hydrogens is 446 g/mol. The minimum Gasteiger partial charge on any atom is -0.494 e. The molecule has 0 unspecified atom stereocenters. The van der Waals surface area contributed by atoms with Crippen LogP contribution in [0.3, 0.4) is 0 Å². The van der Waals surface area contributed by atoms with E-state index >= 15 is 0 Å². The highest BCUT2D eigenvalue weighted by atomic mass is 16.5. The Hall–Kier alpha value is -3.81. The number of nitrogens with zero attached hydrogens (tertiary/aromatic N) is 3. The van der Waals surface area contributed by atoms with Gasteiger partial charge in [-0.25, -0.2) is 0 Å². The number of rotatable bonds is 8. The van der Waals surface area contributed by atoms with Gasteiger partial charge in [0.15, 0.2) is 5.56 Å². The third-order valence-corrected chi connectivity index (χ3v) is 6.25. The predicted octanol–water partition coefficient (Wildman–Crippen LogP) is 3.93. The highest BCUT2D eigenvalue weighted by molar-refractivity contribution is 5.96. The Balaban J connectivity index is 1.88. The van der Waals surface area contributed by atoms with E-state index in [0.29, 0.717) is 32.4 Å². The molecule has 0 aliphatic carbocycles. The lowest BCUT2D eigenvalue weighted by Gasteiger charge is -2.21. The number of carbonyl (C=O) groups excluding carboxylic acids is 1. The number of aromatic nitrogens is 2. The zero-order valence-corrected chi connectivity index (χ0v) is 19.4. The molecule has 1 amide bonds. The highest BCUT2D eigenvalue weighted by Gasteiger charge is 2.33. The summed E-state index contributed by atoms with van der Waals surface area (Å²) in [6.07, 6.45) is 1.99. The smallest absolute Gasteiger partial charge is 0.275 e. The molecule has 8 heteroatoms. The SMILES string of the molecule is [2H]C([2H])([2H])Oc1cccc(OC([2H])([2H])[2H])c1-n1c(CCCC)nc(O)c(C(=O)N2CC[C@H](c3ccccc3)C2)c1=O. The summed E-state index contributed by atoms with van der Waals surface area (Å²) in [5, 5.41) is 10.9. The van der Waals surface area contributed by atoms with Crippen molar-refractivity contribution in [1.29, 1.82) is 0 Å². The zero-order valence-electron chi connectivity index (χ0n) is 25.4. The van der Waals surface area contributed by atoms with Gasteiger partial charge in [0.05, 0.1) is 22.3 Å². The number of para-hydroxylation sites is 1. The van der Waals surface area contributed by atoms with Crippen molar-refractivity contribution in [3.8, 4) is 23.1 Å². The molecule has 35 heavy (non-hydrogen) atoms. The van der Waals surface area contributed by atoms with Crippen LogP contribution in [-0.2, 0) is 6.42 Å². The first-order chi connectivity index (χ1) is 19.3. The van der Waals surface area contributed by atoms with Crippen LogP contribution in [0.1, 0.15) is 62.1 Å². The van der Waals surface area contributed by atoms with E-state index in [9.17, 15) is 14.7 Å². The van der Waals surface area contributed by atoms with Crippen molar-refractivity contribution in [3.05, 3.63) is 75.8 Å². The van der Waals surface area contributed by atoms with Crippen LogP contribution in [0.4, 0.5) is 0 Å². The summed E-state index contributed by atoms with van der Waals surface area (Å²) in [5.74, 6) is -2.27. The monoisotopic (exact) mass is 483 g/mol. The molecule has 4 rings (SSSR count). The molecule has 0 bridgehead atoms. The summed E-state index contributed by atoms with van der Waals surface area (Å²) in [5.41, 5.74) is -0.933. The zero-order chi connectivity index (χ0) is 29.9. The van der Waals surface area contributed by atoms with E-state index in [4.69, 9.17) is 17.7 Å². The van der Waals surface area contributed by atoms with E-state index in [0.717, 1.165) is 10.1 Å². The standard InChI is InChI=1S/C27H31N3O5/c1-4-5-14-22-28-25(31)23(26(32)29-16-15-19(17-29)18-10-7-6-8-11-18)27(33)30(22)24-20(34-2)12-9-13-21(24)35-3/h6-13,19,31H,4-5,14-17H2,1-3H3/t19-/m0/s1/i2D3,3D3. The van der Waals surface area contributed by atoms with Crippen LogP contribution in [0, 0.1) is 0 Å². The first-order valence-electron chi connectivity index (χ1n) is 14.5. The average molecular weight is 484 g/mol. The van der Waals surface area contributed by atoms with Crippen molar-refractivity contribution >= 4 is 5.91 Å². The van der Waals surface area contributed by atoms with Crippen LogP contribution in [0.15, 0.2) is 53.3 Å². The quantitative estimate of drug-likeness (QED) is 0.522. The summed E-state index contributed by atoms with van der Waals surface area (Å²) in [6, 6.07) is 13.4. The van der Waals surface area contributed by atoms with E-state index in [1.165, 1.54) is 23.1 Å². The van der Waals surface area contributed by atoms with Crippen molar-refractivity contribution in [2.45, 2.75) is 38.5 Å². The maximum Gasteiger partial charge on any atom is 0.275 e. The molecular formula is C27H31N3O5. The maximum atomic E-state index is 14.1. The van der Waals surface area contributed by atoms with Crippen molar-refractivity contribution in [2.75, 3.05) is 27.2 Å². The van der Waals surface area contributed by atoms with Gasteiger partial charge >= 0.3 is 0 Å². The topological polar surface area (TPSA) is 93.9 Å². The second kappa shape index (κ2) is 10.6. The van der Waals surface area contributed by atoms with Crippen LogP contribution >= 0.6 is 0 Å². The van der Waals surface area contributed by atoms with Gasteiger partial charge in [-0.05, 0) is 30.5 Å². The van der Waals surface area contributed by atoms with Gasteiger partial charge in [-0.3, -0.25) is 14.2 Å². The first-order valence-corrected chi connectivity index (χ1v) is 11.5. The van der Waals surface area contributed by atoms with E-state index in [2.05, 4.69) is 4.98 Å². The summed E-state index contributed by atoms with van der Waals surface area (Å²) >= 11 is 0. The molecule has 8 nitrogen and oxygen atoms in total. The molecule has 1 aliphatic rings. The van der Waals surface area contributed by atoms with Crippen molar-refractivity contribution < 1.29 is 27.6 Å². The summed E-state index contributed by atoms with van der Waals surface area (Å²) in [7, 11) is -5.93. The van der Waals surface area contributed by atoms with Gasteiger partial charge in [-0.15, -0.1) is 0 Å². The second-order valence-corrected chi connectivity index (χ2v) is 8.43.